The molecular weight excluding hydrogens is 376 g/mol. The first-order valence-electron chi connectivity index (χ1n) is 9.23. The zero-order chi connectivity index (χ0) is 19.4. The summed E-state index contributed by atoms with van der Waals surface area (Å²) in [6.45, 7) is 2.01. The molecule has 0 radical (unpaired) electrons. The first-order valence-corrected chi connectivity index (χ1v) is 9.61. The number of aromatic nitrogens is 4. The maximum Gasteiger partial charge on any atom is 0.260 e. The van der Waals surface area contributed by atoms with Crippen LogP contribution in [-0.4, -0.2) is 19.5 Å². The second-order valence-corrected chi connectivity index (χ2v) is 7.62. The van der Waals surface area contributed by atoms with Crippen molar-refractivity contribution in [3.05, 3.63) is 57.6 Å². The molecule has 1 saturated carbocycles. The van der Waals surface area contributed by atoms with Gasteiger partial charge in [-0.15, -0.1) is 0 Å². The molecule has 0 amide bonds. The van der Waals surface area contributed by atoms with Crippen molar-refractivity contribution < 1.29 is 0 Å². The molecule has 1 fully saturated rings. The summed E-state index contributed by atoms with van der Waals surface area (Å²) < 4.78 is 1.88. The highest BCUT2D eigenvalue weighted by Gasteiger charge is 2.29. The van der Waals surface area contributed by atoms with E-state index in [1.54, 1.807) is 12.3 Å². The highest BCUT2D eigenvalue weighted by atomic mass is 35.5. The Balaban J connectivity index is 1.65. The van der Waals surface area contributed by atoms with Gasteiger partial charge in [0.25, 0.3) is 5.56 Å². The van der Waals surface area contributed by atoms with E-state index >= 15 is 0 Å². The van der Waals surface area contributed by atoms with Crippen molar-refractivity contribution in [3.8, 4) is 0 Å². The fourth-order valence-electron chi connectivity index (χ4n) is 3.74. The zero-order valence-electron chi connectivity index (χ0n) is 15.2. The molecule has 28 heavy (non-hydrogen) atoms. The van der Waals surface area contributed by atoms with Crippen LogP contribution in [-0.2, 0) is 0 Å². The molecule has 1 aromatic carbocycles. The minimum absolute atomic E-state index is 0.0387. The number of halogens is 1. The molecule has 0 aliphatic heterocycles. The number of aromatic amines is 1. The Morgan fingerprint density at radius 1 is 1.32 bits per heavy atom. The lowest BCUT2D eigenvalue weighted by Gasteiger charge is -2.21. The largest absolute Gasteiger partial charge is 0.368 e. The number of nitrogens with zero attached hydrogens (tertiary/aromatic N) is 3. The highest BCUT2D eigenvalue weighted by molar-refractivity contribution is 6.35. The fraction of sp³-hybridized carbons (Fsp3) is 0.250. The van der Waals surface area contributed by atoms with E-state index in [9.17, 15) is 4.79 Å². The zero-order valence-corrected chi connectivity index (χ0v) is 16.0. The van der Waals surface area contributed by atoms with Gasteiger partial charge in [-0.05, 0) is 43.4 Å². The van der Waals surface area contributed by atoms with Crippen molar-refractivity contribution in [2.75, 3.05) is 11.1 Å². The van der Waals surface area contributed by atoms with Crippen LogP contribution >= 0.6 is 11.6 Å². The molecule has 1 aliphatic rings. The van der Waals surface area contributed by atoms with Crippen molar-refractivity contribution >= 4 is 45.2 Å². The van der Waals surface area contributed by atoms with E-state index < -0.39 is 0 Å². The van der Waals surface area contributed by atoms with Crippen molar-refractivity contribution in [1.29, 1.82) is 0 Å². The van der Waals surface area contributed by atoms with Gasteiger partial charge >= 0.3 is 0 Å². The van der Waals surface area contributed by atoms with Gasteiger partial charge in [-0.2, -0.15) is 9.97 Å². The molecular formula is C20H19ClN6O. The first-order chi connectivity index (χ1) is 13.5. The molecule has 4 N–H and O–H groups in total. The average Bonchev–Trinajstić information content (AvgIpc) is 3.38. The number of anilines is 2. The van der Waals surface area contributed by atoms with E-state index in [2.05, 4.69) is 20.3 Å². The molecule has 3 aromatic heterocycles. The number of H-pyrrole nitrogens is 1. The number of benzene rings is 1. The predicted octanol–water partition coefficient (Wildman–Crippen LogP) is 4.02. The molecule has 142 valence electrons. The van der Waals surface area contributed by atoms with Gasteiger partial charge in [0.15, 0.2) is 0 Å². The number of nitrogen functional groups attached to an aromatic ring is 1. The van der Waals surface area contributed by atoms with Crippen molar-refractivity contribution in [2.24, 2.45) is 0 Å². The summed E-state index contributed by atoms with van der Waals surface area (Å²) in [7, 11) is 0. The average molecular weight is 395 g/mol. The molecule has 1 aliphatic carbocycles. The standard InChI is InChI=1S/C20H19ClN6O/c1-10(24-18-13-7-8-23-17(13)25-20(22)26-18)15-9-11-3-2-4-14(21)16(11)19(28)27(15)12-5-6-12/h2-4,7-10,12H,5-6H2,1H3,(H4,22,23,24,25,26)/t10-/m0/s1. The summed E-state index contributed by atoms with van der Waals surface area (Å²) in [5.41, 5.74) is 7.39. The number of nitrogens with one attached hydrogen (secondary N) is 2. The van der Waals surface area contributed by atoms with Crippen molar-refractivity contribution in [2.45, 2.75) is 31.8 Å². The topological polar surface area (TPSA) is 102 Å². The fourth-order valence-corrected chi connectivity index (χ4v) is 4.01. The number of fused-ring (bicyclic) bond motifs is 2. The van der Waals surface area contributed by atoms with Crippen LogP contribution in [0.1, 0.15) is 37.5 Å². The van der Waals surface area contributed by atoms with Crippen LogP contribution in [0, 0.1) is 0 Å². The molecule has 7 nitrogen and oxygen atoms in total. The van der Waals surface area contributed by atoms with Crippen LogP contribution in [0.2, 0.25) is 5.02 Å². The Labute approximate surface area is 165 Å². The summed E-state index contributed by atoms with van der Waals surface area (Å²) in [5.74, 6) is 0.826. The van der Waals surface area contributed by atoms with Crippen LogP contribution in [0.4, 0.5) is 11.8 Å². The van der Waals surface area contributed by atoms with Crippen LogP contribution in [0.3, 0.4) is 0 Å². The van der Waals surface area contributed by atoms with E-state index in [0.29, 0.717) is 21.9 Å². The van der Waals surface area contributed by atoms with Gasteiger partial charge in [-0.3, -0.25) is 4.79 Å². The van der Waals surface area contributed by atoms with Crippen molar-refractivity contribution in [3.63, 3.8) is 0 Å². The monoisotopic (exact) mass is 394 g/mol. The van der Waals surface area contributed by atoms with Gasteiger partial charge in [-0.25, -0.2) is 0 Å². The lowest BCUT2D eigenvalue weighted by molar-refractivity contribution is 0.636. The van der Waals surface area contributed by atoms with Crippen LogP contribution in [0.25, 0.3) is 21.8 Å². The number of hydrogen-bond acceptors (Lipinski definition) is 5. The molecule has 5 rings (SSSR count). The van der Waals surface area contributed by atoms with E-state index in [4.69, 9.17) is 17.3 Å². The molecule has 3 heterocycles. The van der Waals surface area contributed by atoms with E-state index in [1.165, 1.54) is 0 Å². The molecule has 0 spiro atoms. The Morgan fingerprint density at radius 3 is 2.93 bits per heavy atom. The Bertz CT molecular complexity index is 1270. The first kappa shape index (κ1) is 17.1. The maximum atomic E-state index is 13.2. The van der Waals surface area contributed by atoms with E-state index in [1.807, 2.05) is 35.8 Å². The van der Waals surface area contributed by atoms with Crippen LogP contribution in [0.15, 0.2) is 41.3 Å². The third-order valence-electron chi connectivity index (χ3n) is 5.20. The minimum Gasteiger partial charge on any atom is -0.368 e. The second-order valence-electron chi connectivity index (χ2n) is 7.22. The van der Waals surface area contributed by atoms with E-state index in [0.717, 1.165) is 29.3 Å². The van der Waals surface area contributed by atoms with Gasteiger partial charge in [0.05, 0.1) is 21.8 Å². The number of rotatable bonds is 4. The summed E-state index contributed by atoms with van der Waals surface area (Å²) >= 11 is 6.33. The summed E-state index contributed by atoms with van der Waals surface area (Å²) in [4.78, 5) is 24.8. The summed E-state index contributed by atoms with van der Waals surface area (Å²) in [5, 5.41) is 6.17. The smallest absolute Gasteiger partial charge is 0.260 e. The SMILES string of the molecule is C[C@H](Nc1nc(N)nc2[nH]ccc12)c1cc2cccc(Cl)c2c(=O)n1C1CC1. The Kier molecular flexibility index (Phi) is 3.80. The van der Waals surface area contributed by atoms with Crippen molar-refractivity contribution in [1.82, 2.24) is 19.5 Å². The Morgan fingerprint density at radius 2 is 2.14 bits per heavy atom. The van der Waals surface area contributed by atoms with Gasteiger partial charge in [-0.1, -0.05) is 23.7 Å². The lowest BCUT2D eigenvalue weighted by Crippen LogP contribution is -2.26. The summed E-state index contributed by atoms with van der Waals surface area (Å²) in [6, 6.07) is 9.54. The minimum atomic E-state index is -0.163. The molecule has 1 atom stereocenters. The van der Waals surface area contributed by atoms with Gasteiger partial charge < -0.3 is 20.6 Å². The maximum absolute atomic E-state index is 13.2. The van der Waals surface area contributed by atoms with E-state index in [-0.39, 0.29) is 23.6 Å². The predicted molar refractivity (Wildman–Crippen MR) is 112 cm³/mol. The van der Waals surface area contributed by atoms with Gasteiger partial charge in [0, 0.05) is 17.9 Å². The Hall–Kier alpha value is -3.06. The molecule has 0 unspecified atom stereocenters. The third kappa shape index (κ3) is 2.70. The van der Waals surface area contributed by atoms with Crippen LogP contribution < -0.4 is 16.6 Å². The molecule has 0 bridgehead atoms. The second kappa shape index (κ2) is 6.24. The molecule has 8 heteroatoms. The van der Waals surface area contributed by atoms with Crippen LogP contribution in [0.5, 0.6) is 0 Å². The quantitative estimate of drug-likeness (QED) is 0.485. The highest BCUT2D eigenvalue weighted by Crippen LogP contribution is 2.38. The molecule has 4 aromatic rings. The lowest BCUT2D eigenvalue weighted by atomic mass is 10.1. The summed E-state index contributed by atoms with van der Waals surface area (Å²) in [6.07, 6.45) is 3.79. The number of nitrogens with two attached hydrogens (primary N) is 1. The molecule has 0 saturated heterocycles. The van der Waals surface area contributed by atoms with Gasteiger partial charge in [0.2, 0.25) is 5.95 Å². The normalized spacial score (nSPS) is 15.2. The van der Waals surface area contributed by atoms with Gasteiger partial charge in [0.1, 0.15) is 11.5 Å². The number of hydrogen-bond donors (Lipinski definition) is 3. The number of pyridine rings is 1. The third-order valence-corrected chi connectivity index (χ3v) is 5.52.